The lowest BCUT2D eigenvalue weighted by atomic mass is 10.4. The van der Waals surface area contributed by atoms with E-state index in [1.807, 2.05) is 0 Å². The lowest BCUT2D eigenvalue weighted by molar-refractivity contribution is -0.138. The highest BCUT2D eigenvalue weighted by Crippen LogP contribution is 1.86. The first kappa shape index (κ1) is 13.8. The third kappa shape index (κ3) is 16.1. The Balaban J connectivity index is 0. The third-order valence-corrected chi connectivity index (χ3v) is 1.11. The number of unbranched alkanes of at least 4 members (excludes halogenated alkanes) is 1. The summed E-state index contributed by atoms with van der Waals surface area (Å²) in [4.78, 5) is 9.57. The first-order valence-corrected chi connectivity index (χ1v) is 4.07. The average molecular weight is 192 g/mol. The van der Waals surface area contributed by atoms with Gasteiger partial charge in [-0.25, -0.2) is 0 Å². The predicted octanol–water partition coefficient (Wildman–Crippen LogP) is 1.06. The van der Waals surface area contributed by atoms with E-state index >= 15 is 0 Å². The molecule has 0 fully saturated rings. The topological polar surface area (TPSA) is 63.3 Å². The standard InChI is InChI=1S/C5H7Cl.C3H7NO2/c1-2-3-4-5-6;1-2(4)3(5)6/h1H,3-5H2;2H,4H2,1H3,(H,5,6). The number of carbonyl (C=O) groups is 1. The van der Waals surface area contributed by atoms with Crippen LogP contribution in [-0.2, 0) is 4.79 Å². The van der Waals surface area contributed by atoms with Gasteiger partial charge in [0.15, 0.2) is 0 Å². The number of carboxylic acid groups (broad SMARTS) is 1. The molecule has 0 rings (SSSR count). The Morgan fingerprint density at radius 3 is 2.33 bits per heavy atom. The summed E-state index contributed by atoms with van der Waals surface area (Å²) in [6.45, 7) is 1.42. The van der Waals surface area contributed by atoms with Gasteiger partial charge < -0.3 is 10.8 Å². The molecule has 0 bridgehead atoms. The van der Waals surface area contributed by atoms with Crippen molar-refractivity contribution in [3.8, 4) is 12.3 Å². The van der Waals surface area contributed by atoms with Gasteiger partial charge in [0.25, 0.3) is 0 Å². The number of terminal acetylenes is 1. The van der Waals surface area contributed by atoms with Crippen LogP contribution in [0.1, 0.15) is 19.8 Å². The van der Waals surface area contributed by atoms with Crippen molar-refractivity contribution in [3.63, 3.8) is 0 Å². The van der Waals surface area contributed by atoms with E-state index in [1.54, 1.807) is 0 Å². The zero-order valence-electron chi connectivity index (χ0n) is 7.09. The molecule has 4 heteroatoms. The Bertz CT molecular complexity index is 152. The van der Waals surface area contributed by atoms with Gasteiger partial charge in [-0.1, -0.05) is 0 Å². The maximum absolute atomic E-state index is 9.57. The van der Waals surface area contributed by atoms with E-state index in [2.05, 4.69) is 5.92 Å². The molecule has 0 aromatic heterocycles. The largest absolute Gasteiger partial charge is 0.480 e. The summed E-state index contributed by atoms with van der Waals surface area (Å²) in [6.07, 6.45) is 6.66. The highest BCUT2D eigenvalue weighted by molar-refractivity contribution is 6.17. The Morgan fingerprint density at radius 1 is 1.83 bits per heavy atom. The number of aliphatic carboxylic acids is 1. The minimum absolute atomic E-state index is 0.685. The molecule has 0 heterocycles. The lowest BCUT2D eigenvalue weighted by Crippen LogP contribution is -2.25. The van der Waals surface area contributed by atoms with Crippen LogP contribution in [0.2, 0.25) is 0 Å². The SMILES string of the molecule is C#CCCCCl.CC(N)C(=O)O. The van der Waals surface area contributed by atoms with Gasteiger partial charge in [0, 0.05) is 12.3 Å². The fraction of sp³-hybridized carbons (Fsp3) is 0.625. The Labute approximate surface area is 77.9 Å². The molecule has 3 nitrogen and oxygen atoms in total. The Kier molecular flexibility index (Phi) is 11.9. The average Bonchev–Trinajstić information content (AvgIpc) is 2.02. The minimum Gasteiger partial charge on any atom is -0.480 e. The number of carboxylic acids is 1. The minimum atomic E-state index is -0.963. The number of nitrogens with two attached hydrogens (primary N) is 1. The number of rotatable bonds is 3. The first-order valence-electron chi connectivity index (χ1n) is 3.54. The van der Waals surface area contributed by atoms with Crippen molar-refractivity contribution in [1.29, 1.82) is 0 Å². The third-order valence-electron chi connectivity index (χ3n) is 0.844. The summed E-state index contributed by atoms with van der Waals surface area (Å²) in [5.41, 5.74) is 4.84. The number of halogens is 1. The molecule has 12 heavy (non-hydrogen) atoms. The molecule has 0 aromatic carbocycles. The van der Waals surface area contributed by atoms with Gasteiger partial charge in [0.1, 0.15) is 6.04 Å². The van der Waals surface area contributed by atoms with Crippen molar-refractivity contribution in [1.82, 2.24) is 0 Å². The molecule has 0 saturated heterocycles. The van der Waals surface area contributed by atoms with Crippen molar-refractivity contribution in [2.24, 2.45) is 5.73 Å². The van der Waals surface area contributed by atoms with Crippen molar-refractivity contribution in [3.05, 3.63) is 0 Å². The van der Waals surface area contributed by atoms with Crippen LogP contribution in [-0.4, -0.2) is 23.0 Å². The van der Waals surface area contributed by atoms with E-state index in [4.69, 9.17) is 28.9 Å². The van der Waals surface area contributed by atoms with Crippen LogP contribution in [0, 0.1) is 12.3 Å². The normalized spacial score (nSPS) is 10.5. The summed E-state index contributed by atoms with van der Waals surface area (Å²) in [5, 5.41) is 7.87. The van der Waals surface area contributed by atoms with Crippen LogP contribution in [0.3, 0.4) is 0 Å². The van der Waals surface area contributed by atoms with Crippen LogP contribution in [0.4, 0.5) is 0 Å². The molecule has 0 aromatic rings. The monoisotopic (exact) mass is 191 g/mol. The molecule has 1 atom stereocenters. The van der Waals surface area contributed by atoms with Gasteiger partial charge in [-0.05, 0) is 13.3 Å². The lowest BCUT2D eigenvalue weighted by Gasteiger charge is -1.90. The Hall–Kier alpha value is -0.720. The maximum Gasteiger partial charge on any atom is 0.320 e. The fourth-order valence-corrected chi connectivity index (χ4v) is 0.303. The summed E-state index contributed by atoms with van der Waals surface area (Å²) < 4.78 is 0. The van der Waals surface area contributed by atoms with Gasteiger partial charge in [0.05, 0.1) is 0 Å². The number of alkyl halides is 1. The van der Waals surface area contributed by atoms with E-state index in [1.165, 1.54) is 6.92 Å². The van der Waals surface area contributed by atoms with Gasteiger partial charge in [-0.15, -0.1) is 23.9 Å². The van der Waals surface area contributed by atoms with E-state index in [0.29, 0.717) is 5.88 Å². The zero-order valence-corrected chi connectivity index (χ0v) is 7.84. The number of hydrogen-bond donors (Lipinski definition) is 2. The second-order valence-corrected chi connectivity index (χ2v) is 2.50. The molecule has 3 N–H and O–H groups in total. The molecular weight excluding hydrogens is 178 g/mol. The van der Waals surface area contributed by atoms with E-state index in [9.17, 15) is 4.79 Å². The maximum atomic E-state index is 9.57. The smallest absolute Gasteiger partial charge is 0.320 e. The first-order chi connectivity index (χ1) is 5.56. The van der Waals surface area contributed by atoms with E-state index in [-0.39, 0.29) is 0 Å². The Morgan fingerprint density at radius 2 is 2.25 bits per heavy atom. The summed E-state index contributed by atoms with van der Waals surface area (Å²) in [7, 11) is 0. The predicted molar refractivity (Wildman–Crippen MR) is 50.1 cm³/mol. The molecule has 0 spiro atoms. The second kappa shape index (κ2) is 10.3. The molecule has 0 aliphatic rings. The van der Waals surface area contributed by atoms with Crippen molar-refractivity contribution >= 4 is 17.6 Å². The molecule has 0 amide bonds. The van der Waals surface area contributed by atoms with Crippen LogP contribution in [0.5, 0.6) is 0 Å². The van der Waals surface area contributed by atoms with Gasteiger partial charge in [-0.2, -0.15) is 0 Å². The molecule has 0 aliphatic carbocycles. The van der Waals surface area contributed by atoms with E-state index < -0.39 is 12.0 Å². The molecule has 70 valence electrons. The molecular formula is C8H14ClNO2. The van der Waals surface area contributed by atoms with Gasteiger partial charge in [0.2, 0.25) is 0 Å². The highest BCUT2D eigenvalue weighted by atomic mass is 35.5. The van der Waals surface area contributed by atoms with Crippen molar-refractivity contribution in [2.45, 2.75) is 25.8 Å². The van der Waals surface area contributed by atoms with Crippen LogP contribution in [0.25, 0.3) is 0 Å². The van der Waals surface area contributed by atoms with Gasteiger partial charge in [-0.3, -0.25) is 4.79 Å². The zero-order chi connectivity index (χ0) is 9.98. The summed E-state index contributed by atoms with van der Waals surface area (Å²) in [5.74, 6) is 2.21. The van der Waals surface area contributed by atoms with Gasteiger partial charge >= 0.3 is 5.97 Å². The van der Waals surface area contributed by atoms with Crippen molar-refractivity contribution < 1.29 is 9.90 Å². The molecule has 0 radical (unpaired) electrons. The fourth-order valence-electron chi connectivity index (χ4n) is 0.169. The highest BCUT2D eigenvalue weighted by Gasteiger charge is 1.99. The molecule has 0 aliphatic heterocycles. The number of hydrogen-bond acceptors (Lipinski definition) is 2. The van der Waals surface area contributed by atoms with Crippen molar-refractivity contribution in [2.75, 3.05) is 5.88 Å². The molecule has 1 unspecified atom stereocenters. The van der Waals surface area contributed by atoms with Crippen LogP contribution < -0.4 is 5.73 Å². The quantitative estimate of drug-likeness (QED) is 0.398. The van der Waals surface area contributed by atoms with Crippen LogP contribution >= 0.6 is 11.6 Å². The summed E-state index contributed by atoms with van der Waals surface area (Å²) >= 11 is 5.28. The summed E-state index contributed by atoms with van der Waals surface area (Å²) in [6, 6.07) is -0.731. The van der Waals surface area contributed by atoms with E-state index in [0.717, 1.165) is 12.8 Å². The van der Waals surface area contributed by atoms with Crippen LogP contribution in [0.15, 0.2) is 0 Å². The molecule has 0 saturated carbocycles. The second-order valence-electron chi connectivity index (χ2n) is 2.12.